The lowest BCUT2D eigenvalue weighted by molar-refractivity contribution is -0.131. The molecule has 0 saturated heterocycles. The molecule has 0 spiro atoms. The summed E-state index contributed by atoms with van der Waals surface area (Å²) in [5.41, 5.74) is 0. The normalized spacial score (nSPS) is 13.1. The smallest absolute Gasteiger partial charge is 0.328 e. The first-order valence-corrected chi connectivity index (χ1v) is 4.30. The Morgan fingerprint density at radius 2 is 1.93 bits per heavy atom. The quantitative estimate of drug-likeness (QED) is 0.536. The highest BCUT2D eigenvalue weighted by Gasteiger charge is 2.09. The molecule has 1 amide bonds. The molecule has 0 heterocycles. The van der Waals surface area contributed by atoms with Crippen molar-refractivity contribution in [2.75, 3.05) is 6.54 Å². The van der Waals surface area contributed by atoms with E-state index in [1.807, 2.05) is 13.8 Å². The van der Waals surface area contributed by atoms with Crippen LogP contribution in [0.2, 0.25) is 0 Å². The molecular weight excluding hydrogens is 186 g/mol. The van der Waals surface area contributed by atoms with Gasteiger partial charge in [0.1, 0.15) is 0 Å². The molecule has 1 atom stereocenters. The summed E-state index contributed by atoms with van der Waals surface area (Å²) < 4.78 is 0. The van der Waals surface area contributed by atoms with Gasteiger partial charge in [0, 0.05) is 18.7 Å². The van der Waals surface area contributed by atoms with Crippen molar-refractivity contribution in [2.24, 2.45) is 5.92 Å². The second-order valence-electron chi connectivity index (χ2n) is 3.23. The Balaban J connectivity index is 3.80. The molecule has 0 rings (SSSR count). The number of rotatable bonds is 5. The van der Waals surface area contributed by atoms with Crippen LogP contribution in [0.1, 0.15) is 13.8 Å². The standard InChI is InChI=1S/C9H15NO4/c1-6(2)7(11)5-10-8(12)3-4-9(13)14/h3-4,6-7,11H,5H2,1-2H3,(H,10,12)(H,13,14)/b4-3+. The molecule has 0 aliphatic carbocycles. The molecule has 0 saturated carbocycles. The van der Waals surface area contributed by atoms with Gasteiger partial charge in [-0.2, -0.15) is 0 Å². The predicted octanol–water partition coefficient (Wildman–Crippen LogP) is -0.240. The van der Waals surface area contributed by atoms with Crippen LogP contribution >= 0.6 is 0 Å². The van der Waals surface area contributed by atoms with Gasteiger partial charge in [0.25, 0.3) is 0 Å². The molecule has 0 aromatic rings. The van der Waals surface area contributed by atoms with Gasteiger partial charge in [0.05, 0.1) is 6.10 Å². The molecule has 0 aliphatic heterocycles. The Bertz CT molecular complexity index is 235. The molecule has 0 fully saturated rings. The summed E-state index contributed by atoms with van der Waals surface area (Å²) in [6, 6.07) is 0. The van der Waals surface area contributed by atoms with Crippen LogP contribution in [0.5, 0.6) is 0 Å². The van der Waals surface area contributed by atoms with Gasteiger partial charge in [-0.3, -0.25) is 4.79 Å². The number of aliphatic hydroxyl groups excluding tert-OH is 1. The highest BCUT2D eigenvalue weighted by molar-refractivity contribution is 5.93. The lowest BCUT2D eigenvalue weighted by atomic mass is 10.1. The monoisotopic (exact) mass is 201 g/mol. The Kier molecular flexibility index (Phi) is 5.55. The van der Waals surface area contributed by atoms with Crippen LogP contribution in [0, 0.1) is 5.92 Å². The summed E-state index contributed by atoms with van der Waals surface area (Å²) in [5, 5.41) is 19.9. The van der Waals surface area contributed by atoms with E-state index in [1.54, 1.807) is 0 Å². The van der Waals surface area contributed by atoms with Crippen LogP contribution < -0.4 is 5.32 Å². The van der Waals surface area contributed by atoms with Gasteiger partial charge in [0.2, 0.25) is 5.91 Å². The molecule has 0 bridgehead atoms. The van der Waals surface area contributed by atoms with Crippen LogP contribution in [0.3, 0.4) is 0 Å². The Morgan fingerprint density at radius 3 is 2.36 bits per heavy atom. The first-order chi connectivity index (χ1) is 6.43. The Labute approximate surface area is 82.4 Å². The fourth-order valence-electron chi connectivity index (χ4n) is 0.647. The minimum atomic E-state index is -1.18. The van der Waals surface area contributed by atoms with E-state index in [2.05, 4.69) is 5.32 Å². The van der Waals surface area contributed by atoms with E-state index in [9.17, 15) is 14.7 Å². The molecule has 80 valence electrons. The van der Waals surface area contributed by atoms with E-state index in [0.717, 1.165) is 12.2 Å². The number of hydrogen-bond acceptors (Lipinski definition) is 3. The predicted molar refractivity (Wildman–Crippen MR) is 50.6 cm³/mol. The van der Waals surface area contributed by atoms with Crippen LogP contribution in [0.4, 0.5) is 0 Å². The molecule has 5 heteroatoms. The van der Waals surface area contributed by atoms with Gasteiger partial charge < -0.3 is 15.5 Å². The van der Waals surface area contributed by atoms with E-state index in [1.165, 1.54) is 0 Å². The van der Waals surface area contributed by atoms with E-state index >= 15 is 0 Å². The van der Waals surface area contributed by atoms with Crippen molar-refractivity contribution in [3.63, 3.8) is 0 Å². The lowest BCUT2D eigenvalue weighted by Gasteiger charge is -2.13. The summed E-state index contributed by atoms with van der Waals surface area (Å²) in [6.45, 7) is 3.77. The van der Waals surface area contributed by atoms with E-state index in [4.69, 9.17) is 5.11 Å². The number of nitrogens with one attached hydrogen (secondary N) is 1. The third-order valence-electron chi connectivity index (χ3n) is 1.63. The van der Waals surface area contributed by atoms with Crippen LogP contribution in [0.15, 0.2) is 12.2 Å². The minimum absolute atomic E-state index is 0.0544. The second kappa shape index (κ2) is 6.15. The van der Waals surface area contributed by atoms with Gasteiger partial charge in [0.15, 0.2) is 0 Å². The molecule has 1 unspecified atom stereocenters. The summed E-state index contributed by atoms with van der Waals surface area (Å²) in [5.74, 6) is -1.64. The summed E-state index contributed by atoms with van der Waals surface area (Å²) in [7, 11) is 0. The van der Waals surface area contributed by atoms with Crippen molar-refractivity contribution in [1.82, 2.24) is 5.32 Å². The number of carboxylic acid groups (broad SMARTS) is 1. The first-order valence-electron chi connectivity index (χ1n) is 4.30. The zero-order valence-corrected chi connectivity index (χ0v) is 8.23. The van der Waals surface area contributed by atoms with Gasteiger partial charge in [-0.05, 0) is 5.92 Å². The van der Waals surface area contributed by atoms with Crippen molar-refractivity contribution in [2.45, 2.75) is 20.0 Å². The van der Waals surface area contributed by atoms with E-state index in [-0.39, 0.29) is 12.5 Å². The van der Waals surface area contributed by atoms with Gasteiger partial charge >= 0.3 is 5.97 Å². The number of amides is 1. The average molecular weight is 201 g/mol. The van der Waals surface area contributed by atoms with Crippen molar-refractivity contribution >= 4 is 11.9 Å². The molecule has 14 heavy (non-hydrogen) atoms. The summed E-state index contributed by atoms with van der Waals surface area (Å²) >= 11 is 0. The third-order valence-corrected chi connectivity index (χ3v) is 1.63. The zero-order valence-electron chi connectivity index (χ0n) is 8.23. The SMILES string of the molecule is CC(C)C(O)CNC(=O)/C=C/C(=O)O. The van der Waals surface area contributed by atoms with E-state index < -0.39 is 18.0 Å². The summed E-state index contributed by atoms with van der Waals surface area (Å²) in [6.07, 6.45) is 1.05. The maximum Gasteiger partial charge on any atom is 0.328 e. The Morgan fingerprint density at radius 1 is 1.36 bits per heavy atom. The van der Waals surface area contributed by atoms with E-state index in [0.29, 0.717) is 0 Å². The fraction of sp³-hybridized carbons (Fsp3) is 0.556. The van der Waals surface area contributed by atoms with Crippen molar-refractivity contribution in [3.8, 4) is 0 Å². The summed E-state index contributed by atoms with van der Waals surface area (Å²) in [4.78, 5) is 20.9. The number of carbonyl (C=O) groups is 2. The van der Waals surface area contributed by atoms with Crippen molar-refractivity contribution in [1.29, 1.82) is 0 Å². The number of aliphatic carboxylic acids is 1. The maximum absolute atomic E-state index is 10.9. The topological polar surface area (TPSA) is 86.6 Å². The Hall–Kier alpha value is -1.36. The highest BCUT2D eigenvalue weighted by Crippen LogP contribution is 1.98. The lowest BCUT2D eigenvalue weighted by Crippen LogP contribution is -2.33. The molecule has 0 aromatic heterocycles. The zero-order chi connectivity index (χ0) is 11.1. The fourth-order valence-corrected chi connectivity index (χ4v) is 0.647. The van der Waals surface area contributed by atoms with Crippen LogP contribution in [-0.2, 0) is 9.59 Å². The van der Waals surface area contributed by atoms with Crippen molar-refractivity contribution < 1.29 is 19.8 Å². The van der Waals surface area contributed by atoms with Crippen LogP contribution in [-0.4, -0.2) is 34.7 Å². The largest absolute Gasteiger partial charge is 0.478 e. The third kappa shape index (κ3) is 6.19. The average Bonchev–Trinajstić information content (AvgIpc) is 2.10. The molecule has 0 aromatic carbocycles. The first kappa shape index (κ1) is 12.6. The minimum Gasteiger partial charge on any atom is -0.478 e. The van der Waals surface area contributed by atoms with Crippen molar-refractivity contribution in [3.05, 3.63) is 12.2 Å². The number of carboxylic acids is 1. The number of aliphatic hydroxyl groups is 1. The molecule has 5 nitrogen and oxygen atoms in total. The second-order valence-corrected chi connectivity index (χ2v) is 3.23. The van der Waals surface area contributed by atoms with Gasteiger partial charge in [-0.25, -0.2) is 4.79 Å². The molecule has 0 radical (unpaired) electrons. The number of hydrogen-bond donors (Lipinski definition) is 3. The van der Waals surface area contributed by atoms with Crippen LogP contribution in [0.25, 0.3) is 0 Å². The molecule has 0 aliphatic rings. The van der Waals surface area contributed by atoms with Gasteiger partial charge in [-0.15, -0.1) is 0 Å². The maximum atomic E-state index is 10.9. The molecular formula is C9H15NO4. The number of carbonyl (C=O) groups excluding carboxylic acids is 1. The molecule has 3 N–H and O–H groups in total. The van der Waals surface area contributed by atoms with Gasteiger partial charge in [-0.1, -0.05) is 13.8 Å². The highest BCUT2D eigenvalue weighted by atomic mass is 16.4.